The van der Waals surface area contributed by atoms with Crippen LogP contribution in [0.2, 0.25) is 0 Å². The van der Waals surface area contributed by atoms with E-state index in [1.807, 2.05) is 0 Å². The second-order valence-corrected chi connectivity index (χ2v) is 7.70. The molecular formula is C15H19FN2O3S. The lowest BCUT2D eigenvalue weighted by molar-refractivity contribution is 0.0620. The first-order valence-electron chi connectivity index (χ1n) is 7.20. The minimum absolute atomic E-state index is 0.0931. The van der Waals surface area contributed by atoms with Crippen LogP contribution in [0.25, 0.3) is 0 Å². The van der Waals surface area contributed by atoms with Crippen molar-refractivity contribution in [3.63, 3.8) is 0 Å². The van der Waals surface area contributed by atoms with Crippen molar-refractivity contribution < 1.29 is 17.9 Å². The number of nitriles is 1. The Kier molecular flexibility index (Phi) is 5.16. The summed E-state index contributed by atoms with van der Waals surface area (Å²) in [5, 5.41) is 18.8. The van der Waals surface area contributed by atoms with Crippen LogP contribution in [0.1, 0.15) is 31.2 Å². The Balaban J connectivity index is 2.20. The van der Waals surface area contributed by atoms with Crippen LogP contribution in [0.4, 0.5) is 4.39 Å². The van der Waals surface area contributed by atoms with Crippen LogP contribution < -0.4 is 0 Å². The van der Waals surface area contributed by atoms with E-state index in [1.54, 1.807) is 6.07 Å². The first-order valence-corrected chi connectivity index (χ1v) is 8.64. The van der Waals surface area contributed by atoms with Crippen molar-refractivity contribution in [1.29, 1.82) is 5.26 Å². The van der Waals surface area contributed by atoms with Gasteiger partial charge in [-0.15, -0.1) is 0 Å². The molecule has 0 heterocycles. The van der Waals surface area contributed by atoms with Crippen molar-refractivity contribution >= 4 is 10.0 Å². The topological polar surface area (TPSA) is 81.4 Å². The molecule has 0 aromatic heterocycles. The van der Waals surface area contributed by atoms with Crippen molar-refractivity contribution in [2.24, 2.45) is 5.92 Å². The quantitative estimate of drug-likeness (QED) is 0.916. The van der Waals surface area contributed by atoms with Crippen LogP contribution in [0.5, 0.6) is 0 Å². The minimum atomic E-state index is -3.81. The average Bonchev–Trinajstić information content (AvgIpc) is 2.49. The van der Waals surface area contributed by atoms with Gasteiger partial charge in [0.15, 0.2) is 0 Å². The Morgan fingerprint density at radius 1 is 1.41 bits per heavy atom. The molecule has 0 aliphatic heterocycles. The summed E-state index contributed by atoms with van der Waals surface area (Å²) in [6.07, 6.45) is 2.92. The van der Waals surface area contributed by atoms with Gasteiger partial charge >= 0.3 is 0 Å². The molecule has 1 aromatic rings. The van der Waals surface area contributed by atoms with E-state index in [1.165, 1.54) is 11.4 Å². The predicted molar refractivity (Wildman–Crippen MR) is 78.9 cm³/mol. The molecule has 1 N–H and O–H groups in total. The second-order valence-electron chi connectivity index (χ2n) is 5.65. The van der Waals surface area contributed by atoms with Gasteiger partial charge in [0, 0.05) is 13.6 Å². The van der Waals surface area contributed by atoms with Crippen LogP contribution in [-0.4, -0.2) is 37.5 Å². The van der Waals surface area contributed by atoms with Crippen molar-refractivity contribution in [2.45, 2.75) is 36.7 Å². The zero-order valence-corrected chi connectivity index (χ0v) is 13.2. The molecule has 2 atom stereocenters. The average molecular weight is 326 g/mol. The fourth-order valence-electron chi connectivity index (χ4n) is 2.76. The van der Waals surface area contributed by atoms with Crippen molar-refractivity contribution in [3.8, 4) is 6.07 Å². The zero-order chi connectivity index (χ0) is 16.3. The van der Waals surface area contributed by atoms with E-state index < -0.39 is 21.9 Å². The highest BCUT2D eigenvalue weighted by molar-refractivity contribution is 7.89. The predicted octanol–water partition coefficient (Wildman–Crippen LogP) is 1.87. The largest absolute Gasteiger partial charge is 0.393 e. The summed E-state index contributed by atoms with van der Waals surface area (Å²) < 4.78 is 39.5. The number of hydrogen-bond donors (Lipinski definition) is 1. The second kappa shape index (κ2) is 6.73. The summed E-state index contributed by atoms with van der Waals surface area (Å²) >= 11 is 0. The smallest absolute Gasteiger partial charge is 0.242 e. The maximum atomic E-state index is 13.3. The standard InChI is InChI=1S/C15H19FN2O3S/c1-18(10-11-4-2-3-5-15(11)19)22(20,21)13-6-7-14(16)12(8-13)9-17/h6-8,11,15,19H,2-5,10H2,1H3. The Hall–Kier alpha value is -1.49. The summed E-state index contributed by atoms with van der Waals surface area (Å²) in [6, 6.07) is 4.81. The van der Waals surface area contributed by atoms with Gasteiger partial charge in [0.05, 0.1) is 16.6 Å². The lowest BCUT2D eigenvalue weighted by atomic mass is 9.86. The van der Waals surface area contributed by atoms with E-state index in [4.69, 9.17) is 5.26 Å². The summed E-state index contributed by atoms with van der Waals surface area (Å²) in [5.41, 5.74) is -0.299. The Morgan fingerprint density at radius 2 is 2.09 bits per heavy atom. The number of hydrogen-bond acceptors (Lipinski definition) is 4. The number of nitrogens with zero attached hydrogens (tertiary/aromatic N) is 2. The molecule has 1 fully saturated rings. The molecule has 1 aliphatic rings. The van der Waals surface area contributed by atoms with E-state index >= 15 is 0 Å². The fourth-order valence-corrected chi connectivity index (χ4v) is 4.01. The molecule has 22 heavy (non-hydrogen) atoms. The summed E-state index contributed by atoms with van der Waals surface area (Å²) in [7, 11) is -2.37. The Bertz CT molecular complexity index is 685. The first kappa shape index (κ1) is 16.9. The molecule has 2 rings (SSSR count). The minimum Gasteiger partial charge on any atom is -0.393 e. The van der Waals surface area contributed by atoms with Crippen LogP contribution in [-0.2, 0) is 10.0 Å². The number of sulfonamides is 1. The first-order chi connectivity index (χ1) is 10.4. The third kappa shape index (κ3) is 3.46. The SMILES string of the molecule is CN(CC1CCCCC1O)S(=O)(=O)c1ccc(F)c(C#N)c1. The van der Waals surface area contributed by atoms with Gasteiger partial charge < -0.3 is 5.11 Å². The van der Waals surface area contributed by atoms with Crippen LogP contribution in [0, 0.1) is 23.1 Å². The molecule has 1 aliphatic carbocycles. The number of aliphatic hydroxyl groups excluding tert-OH is 1. The number of halogens is 1. The van der Waals surface area contributed by atoms with Crippen molar-refractivity contribution in [3.05, 3.63) is 29.6 Å². The maximum Gasteiger partial charge on any atom is 0.242 e. The maximum absolute atomic E-state index is 13.3. The van der Waals surface area contributed by atoms with Crippen LogP contribution in [0.15, 0.2) is 23.1 Å². The van der Waals surface area contributed by atoms with E-state index in [0.717, 1.165) is 37.5 Å². The van der Waals surface area contributed by atoms with Crippen molar-refractivity contribution in [2.75, 3.05) is 13.6 Å². The molecular weight excluding hydrogens is 307 g/mol. The van der Waals surface area contributed by atoms with Gasteiger partial charge in [0.25, 0.3) is 0 Å². The molecule has 0 saturated heterocycles. The fraction of sp³-hybridized carbons (Fsp3) is 0.533. The van der Waals surface area contributed by atoms with E-state index in [9.17, 15) is 17.9 Å². The molecule has 120 valence electrons. The van der Waals surface area contributed by atoms with Gasteiger partial charge in [-0.2, -0.15) is 5.26 Å². The number of aliphatic hydroxyl groups is 1. The zero-order valence-electron chi connectivity index (χ0n) is 12.4. The Labute approximate surface area is 130 Å². The summed E-state index contributed by atoms with van der Waals surface area (Å²) in [6.45, 7) is 0.211. The molecule has 1 aromatic carbocycles. The molecule has 0 radical (unpaired) electrons. The van der Waals surface area contributed by atoms with Crippen LogP contribution >= 0.6 is 0 Å². The van der Waals surface area contributed by atoms with E-state index in [0.29, 0.717) is 6.42 Å². The number of rotatable bonds is 4. The molecule has 0 amide bonds. The van der Waals surface area contributed by atoms with Gasteiger partial charge in [-0.25, -0.2) is 17.1 Å². The van der Waals surface area contributed by atoms with Gasteiger partial charge in [-0.05, 0) is 37.0 Å². The summed E-state index contributed by atoms with van der Waals surface area (Å²) in [4.78, 5) is -0.113. The van der Waals surface area contributed by atoms with E-state index in [-0.39, 0.29) is 22.9 Å². The van der Waals surface area contributed by atoms with Gasteiger partial charge in [0.2, 0.25) is 10.0 Å². The third-order valence-electron chi connectivity index (χ3n) is 4.13. The number of benzene rings is 1. The third-order valence-corrected chi connectivity index (χ3v) is 5.95. The molecule has 7 heteroatoms. The van der Waals surface area contributed by atoms with Gasteiger partial charge in [-0.3, -0.25) is 0 Å². The highest BCUT2D eigenvalue weighted by Crippen LogP contribution is 2.27. The highest BCUT2D eigenvalue weighted by atomic mass is 32.2. The summed E-state index contributed by atoms with van der Waals surface area (Å²) in [5.74, 6) is -0.837. The van der Waals surface area contributed by atoms with Gasteiger partial charge in [0.1, 0.15) is 11.9 Å². The molecule has 0 bridgehead atoms. The molecule has 5 nitrogen and oxygen atoms in total. The lowest BCUT2D eigenvalue weighted by Gasteiger charge is -2.30. The van der Waals surface area contributed by atoms with E-state index in [2.05, 4.69) is 0 Å². The molecule has 0 spiro atoms. The molecule has 2 unspecified atom stereocenters. The van der Waals surface area contributed by atoms with Crippen molar-refractivity contribution in [1.82, 2.24) is 4.31 Å². The lowest BCUT2D eigenvalue weighted by Crippen LogP contribution is -2.38. The normalized spacial score (nSPS) is 22.5. The van der Waals surface area contributed by atoms with Gasteiger partial charge in [-0.1, -0.05) is 12.8 Å². The highest BCUT2D eigenvalue weighted by Gasteiger charge is 2.29. The molecule has 1 saturated carbocycles. The monoisotopic (exact) mass is 326 g/mol. The Morgan fingerprint density at radius 3 is 2.73 bits per heavy atom. The van der Waals surface area contributed by atoms with Crippen LogP contribution in [0.3, 0.4) is 0 Å².